The Morgan fingerprint density at radius 3 is 2.52 bits per heavy atom. The maximum absolute atomic E-state index is 4.79. The molecule has 4 rings (SSSR count). The molecule has 0 fully saturated rings. The Hall–Kier alpha value is -3.27. The maximum Gasteiger partial charge on any atom is 0.0924 e. The van der Waals surface area contributed by atoms with Crippen LogP contribution < -0.4 is 0 Å². The summed E-state index contributed by atoms with van der Waals surface area (Å²) in [6, 6.07) is 16.6. The van der Waals surface area contributed by atoms with Crippen LogP contribution in [0.5, 0.6) is 0 Å². The molecular weight excluding hydrogens is 308 g/mol. The van der Waals surface area contributed by atoms with Crippen LogP contribution in [0.3, 0.4) is 0 Å². The van der Waals surface area contributed by atoms with E-state index in [1.807, 2.05) is 25.4 Å². The van der Waals surface area contributed by atoms with Crippen molar-refractivity contribution in [3.05, 3.63) is 84.3 Å². The molecule has 2 aromatic heterocycles. The fourth-order valence-electron chi connectivity index (χ4n) is 2.99. The highest BCUT2D eigenvalue weighted by molar-refractivity contribution is 5.86. The van der Waals surface area contributed by atoms with Crippen LogP contribution in [0.1, 0.15) is 18.1 Å². The molecule has 0 amide bonds. The molecule has 2 heterocycles. The Bertz CT molecular complexity index is 1060. The lowest BCUT2D eigenvalue weighted by atomic mass is 9.97. The summed E-state index contributed by atoms with van der Waals surface area (Å²) in [5, 5.41) is 4.21. The van der Waals surface area contributed by atoms with Gasteiger partial charge in [-0.3, -0.25) is 9.67 Å². The molecule has 122 valence electrons. The van der Waals surface area contributed by atoms with Crippen molar-refractivity contribution in [2.24, 2.45) is 7.05 Å². The monoisotopic (exact) mass is 326 g/mol. The Labute approximate surface area is 146 Å². The van der Waals surface area contributed by atoms with Crippen LogP contribution in [0.2, 0.25) is 0 Å². The zero-order valence-electron chi connectivity index (χ0n) is 14.2. The predicted octanol–water partition coefficient (Wildman–Crippen LogP) is 4.48. The average molecular weight is 326 g/mol. The number of hydrogen-bond donors (Lipinski definition) is 0. The molecule has 0 aliphatic carbocycles. The van der Waals surface area contributed by atoms with Crippen molar-refractivity contribution in [2.75, 3.05) is 0 Å². The van der Waals surface area contributed by atoms with Crippen molar-refractivity contribution in [3.63, 3.8) is 0 Å². The average Bonchev–Trinajstić information content (AvgIpc) is 3.09. The van der Waals surface area contributed by atoms with Crippen molar-refractivity contribution in [3.8, 4) is 11.3 Å². The van der Waals surface area contributed by atoms with Crippen molar-refractivity contribution in [1.29, 1.82) is 0 Å². The first-order valence-electron chi connectivity index (χ1n) is 8.22. The quantitative estimate of drug-likeness (QED) is 0.557. The molecule has 0 aliphatic rings. The van der Waals surface area contributed by atoms with Crippen molar-refractivity contribution < 1.29 is 0 Å². The van der Waals surface area contributed by atoms with E-state index in [9.17, 15) is 0 Å². The number of nitrogens with zero attached hydrogens (tertiary/aromatic N) is 4. The third kappa shape index (κ3) is 2.94. The Morgan fingerprint density at radius 2 is 1.80 bits per heavy atom. The highest BCUT2D eigenvalue weighted by atomic mass is 15.2. The van der Waals surface area contributed by atoms with E-state index in [1.165, 1.54) is 11.1 Å². The fourth-order valence-corrected chi connectivity index (χ4v) is 2.99. The summed E-state index contributed by atoms with van der Waals surface area (Å²) in [4.78, 5) is 9.33. The van der Waals surface area contributed by atoms with E-state index >= 15 is 0 Å². The summed E-state index contributed by atoms with van der Waals surface area (Å²) in [7, 11) is 1.90. The van der Waals surface area contributed by atoms with Crippen LogP contribution in [-0.2, 0) is 7.05 Å². The summed E-state index contributed by atoms with van der Waals surface area (Å²) in [5.74, 6) is 0. The van der Waals surface area contributed by atoms with Crippen LogP contribution in [0.4, 0.5) is 0 Å². The first-order valence-corrected chi connectivity index (χ1v) is 8.22. The van der Waals surface area contributed by atoms with Crippen LogP contribution in [0.15, 0.2) is 73.2 Å². The molecular formula is C21H18N4. The van der Waals surface area contributed by atoms with Gasteiger partial charge in [0.1, 0.15) is 0 Å². The van der Waals surface area contributed by atoms with E-state index in [0.29, 0.717) is 0 Å². The smallest absolute Gasteiger partial charge is 0.0924 e. The minimum atomic E-state index is 0.833. The molecule has 0 saturated carbocycles. The second-order valence-electron chi connectivity index (χ2n) is 5.93. The van der Waals surface area contributed by atoms with Gasteiger partial charge in [-0.1, -0.05) is 42.5 Å². The third-order valence-electron chi connectivity index (χ3n) is 4.23. The number of aromatic nitrogens is 4. The molecule has 2 aromatic carbocycles. The predicted molar refractivity (Wildman–Crippen MR) is 101 cm³/mol. The van der Waals surface area contributed by atoms with E-state index in [4.69, 9.17) is 4.98 Å². The molecule has 0 bridgehead atoms. The number of rotatable bonds is 3. The fraction of sp³-hybridized carbons (Fsp3) is 0.0952. The van der Waals surface area contributed by atoms with E-state index in [1.54, 1.807) is 17.1 Å². The number of benzene rings is 2. The molecule has 25 heavy (non-hydrogen) atoms. The number of allylic oxidation sites excluding steroid dienone is 1. The van der Waals surface area contributed by atoms with Gasteiger partial charge in [0.15, 0.2) is 0 Å². The molecule has 0 atom stereocenters. The van der Waals surface area contributed by atoms with Gasteiger partial charge in [-0.05, 0) is 35.8 Å². The minimum Gasteiger partial charge on any atom is -0.275 e. The van der Waals surface area contributed by atoms with E-state index in [2.05, 4.69) is 59.5 Å². The van der Waals surface area contributed by atoms with Gasteiger partial charge < -0.3 is 0 Å². The van der Waals surface area contributed by atoms with E-state index in [0.717, 1.165) is 27.9 Å². The molecule has 4 heteroatoms. The van der Waals surface area contributed by atoms with Gasteiger partial charge in [0.2, 0.25) is 0 Å². The molecule has 0 saturated heterocycles. The second-order valence-corrected chi connectivity index (χ2v) is 5.93. The normalized spacial score (nSPS) is 11.8. The number of aryl methyl sites for hydroxylation is 1. The first-order chi connectivity index (χ1) is 12.2. The summed E-state index contributed by atoms with van der Waals surface area (Å²) in [5.41, 5.74) is 7.10. The molecule has 4 nitrogen and oxygen atoms in total. The van der Waals surface area contributed by atoms with Gasteiger partial charge in [0.25, 0.3) is 0 Å². The van der Waals surface area contributed by atoms with Gasteiger partial charge in [0, 0.05) is 18.8 Å². The summed E-state index contributed by atoms with van der Waals surface area (Å²) in [6.45, 7) is 2.06. The van der Waals surface area contributed by atoms with E-state index in [-0.39, 0.29) is 0 Å². The van der Waals surface area contributed by atoms with Crippen molar-refractivity contribution >= 4 is 16.6 Å². The van der Waals surface area contributed by atoms with Crippen LogP contribution in [-0.4, -0.2) is 19.7 Å². The first kappa shape index (κ1) is 15.3. The Balaban J connectivity index is 1.81. The maximum atomic E-state index is 4.79. The van der Waals surface area contributed by atoms with Crippen LogP contribution >= 0.6 is 0 Å². The second kappa shape index (κ2) is 6.32. The van der Waals surface area contributed by atoms with E-state index < -0.39 is 0 Å². The molecule has 0 radical (unpaired) electrons. The highest BCUT2D eigenvalue weighted by Gasteiger charge is 2.08. The van der Waals surface area contributed by atoms with Crippen molar-refractivity contribution in [2.45, 2.75) is 6.92 Å². The lowest BCUT2D eigenvalue weighted by molar-refractivity contribution is 0.768. The zero-order chi connectivity index (χ0) is 17.2. The highest BCUT2D eigenvalue weighted by Crippen LogP contribution is 2.26. The van der Waals surface area contributed by atoms with Crippen LogP contribution in [0, 0.1) is 0 Å². The Kier molecular flexibility index (Phi) is 3.86. The lowest BCUT2D eigenvalue weighted by Crippen LogP contribution is -1.92. The number of hydrogen-bond acceptors (Lipinski definition) is 3. The number of fused-ring (bicyclic) bond motifs is 1. The van der Waals surface area contributed by atoms with Gasteiger partial charge in [-0.15, -0.1) is 0 Å². The molecule has 4 aromatic rings. The summed E-state index contributed by atoms with van der Waals surface area (Å²) >= 11 is 0. The molecule has 0 aliphatic heterocycles. The zero-order valence-corrected chi connectivity index (χ0v) is 14.2. The van der Waals surface area contributed by atoms with Gasteiger partial charge in [0.05, 0.1) is 29.1 Å². The summed E-state index contributed by atoms with van der Waals surface area (Å²) in [6.07, 6.45) is 7.68. The standard InChI is InChI=1S/C21H18N4/c1-3-18(15-7-5-4-6-8-15)16-9-10-19-20(11-16)24-21(13-22-19)17-12-23-25(2)14-17/h3-14H,1-2H3. The van der Waals surface area contributed by atoms with Crippen molar-refractivity contribution in [1.82, 2.24) is 19.7 Å². The van der Waals surface area contributed by atoms with Crippen LogP contribution in [0.25, 0.3) is 27.9 Å². The summed E-state index contributed by atoms with van der Waals surface area (Å²) < 4.78 is 1.77. The van der Waals surface area contributed by atoms with Gasteiger partial charge >= 0.3 is 0 Å². The largest absolute Gasteiger partial charge is 0.275 e. The topological polar surface area (TPSA) is 43.6 Å². The molecule has 0 unspecified atom stereocenters. The lowest BCUT2D eigenvalue weighted by Gasteiger charge is -2.09. The Morgan fingerprint density at radius 1 is 0.960 bits per heavy atom. The van der Waals surface area contributed by atoms with Gasteiger partial charge in [-0.2, -0.15) is 5.10 Å². The minimum absolute atomic E-state index is 0.833. The SMILES string of the molecule is CC=C(c1ccccc1)c1ccc2ncc(-c3cnn(C)c3)nc2c1. The van der Waals surface area contributed by atoms with Gasteiger partial charge in [-0.25, -0.2) is 4.98 Å². The molecule has 0 N–H and O–H groups in total. The third-order valence-corrected chi connectivity index (χ3v) is 4.23. The molecule has 0 spiro atoms.